The number of nitrogens with zero attached hydrogens (tertiary/aromatic N) is 2. The minimum atomic E-state index is -0.198. The summed E-state index contributed by atoms with van der Waals surface area (Å²) in [6.45, 7) is 3.46. The van der Waals surface area contributed by atoms with Crippen LogP contribution in [0, 0.1) is 18.8 Å². The fourth-order valence-corrected chi connectivity index (χ4v) is 3.36. The number of aryl methyl sites for hydroxylation is 1. The zero-order valence-electron chi connectivity index (χ0n) is 12.2. The topological polar surface area (TPSA) is 59.5 Å². The molecule has 1 aliphatic carbocycles. The van der Waals surface area contributed by atoms with Crippen LogP contribution in [0.5, 0.6) is 0 Å². The van der Waals surface area contributed by atoms with Gasteiger partial charge in [0.1, 0.15) is 11.6 Å². The SMILES string of the molecule is Cc1csc(COC(=O)[C@@H]2CCCN(C(=O)C3CC3)C2)n1. The van der Waals surface area contributed by atoms with E-state index in [0.717, 1.165) is 42.9 Å². The molecule has 0 bridgehead atoms. The molecule has 0 N–H and O–H groups in total. The molecule has 1 saturated heterocycles. The zero-order valence-corrected chi connectivity index (χ0v) is 13.0. The Balaban J connectivity index is 1.50. The van der Waals surface area contributed by atoms with Crippen molar-refractivity contribution in [2.75, 3.05) is 13.1 Å². The highest BCUT2D eigenvalue weighted by Gasteiger charge is 2.37. The summed E-state index contributed by atoms with van der Waals surface area (Å²) in [5.41, 5.74) is 0.949. The van der Waals surface area contributed by atoms with Gasteiger partial charge in [-0.3, -0.25) is 9.59 Å². The lowest BCUT2D eigenvalue weighted by molar-refractivity contribution is -0.153. The predicted octanol–water partition coefficient (Wildman–Crippen LogP) is 2.14. The molecule has 1 atom stereocenters. The van der Waals surface area contributed by atoms with Crippen molar-refractivity contribution in [1.29, 1.82) is 0 Å². The molecule has 0 aromatic carbocycles. The van der Waals surface area contributed by atoms with Gasteiger partial charge < -0.3 is 9.64 Å². The van der Waals surface area contributed by atoms with Crippen molar-refractivity contribution in [3.63, 3.8) is 0 Å². The molecule has 2 aliphatic rings. The number of thiazole rings is 1. The summed E-state index contributed by atoms with van der Waals surface area (Å²) in [4.78, 5) is 30.4. The van der Waals surface area contributed by atoms with E-state index in [9.17, 15) is 9.59 Å². The van der Waals surface area contributed by atoms with Gasteiger partial charge in [0, 0.05) is 30.1 Å². The number of piperidine rings is 1. The third-order valence-electron chi connectivity index (χ3n) is 4.00. The fraction of sp³-hybridized carbons (Fsp3) is 0.667. The van der Waals surface area contributed by atoms with E-state index >= 15 is 0 Å². The fourth-order valence-electron chi connectivity index (χ4n) is 2.68. The van der Waals surface area contributed by atoms with Crippen LogP contribution in [0.4, 0.5) is 0 Å². The quantitative estimate of drug-likeness (QED) is 0.800. The molecule has 5 nitrogen and oxygen atoms in total. The smallest absolute Gasteiger partial charge is 0.311 e. The average molecular weight is 308 g/mol. The molecule has 114 valence electrons. The molecule has 0 unspecified atom stereocenters. The Labute approximate surface area is 128 Å². The van der Waals surface area contributed by atoms with E-state index in [4.69, 9.17) is 4.74 Å². The van der Waals surface area contributed by atoms with Gasteiger partial charge in [0.15, 0.2) is 0 Å². The molecule has 1 aromatic heterocycles. The van der Waals surface area contributed by atoms with Crippen LogP contribution in [0.1, 0.15) is 36.4 Å². The van der Waals surface area contributed by atoms with Gasteiger partial charge in [-0.05, 0) is 32.6 Å². The van der Waals surface area contributed by atoms with Crippen molar-refractivity contribution in [1.82, 2.24) is 9.88 Å². The van der Waals surface area contributed by atoms with E-state index in [2.05, 4.69) is 4.98 Å². The molecule has 1 amide bonds. The number of aromatic nitrogens is 1. The first-order chi connectivity index (χ1) is 10.1. The van der Waals surface area contributed by atoms with Crippen LogP contribution >= 0.6 is 11.3 Å². The van der Waals surface area contributed by atoms with Crippen molar-refractivity contribution in [2.24, 2.45) is 11.8 Å². The second-order valence-corrected chi connectivity index (χ2v) is 6.83. The van der Waals surface area contributed by atoms with Crippen LogP contribution in [0.15, 0.2) is 5.38 Å². The van der Waals surface area contributed by atoms with Crippen molar-refractivity contribution in [3.05, 3.63) is 16.1 Å². The Hall–Kier alpha value is -1.43. The Morgan fingerprint density at radius 2 is 2.19 bits per heavy atom. The lowest BCUT2D eigenvalue weighted by Crippen LogP contribution is -2.43. The highest BCUT2D eigenvalue weighted by Crippen LogP contribution is 2.32. The van der Waals surface area contributed by atoms with Crippen molar-refractivity contribution in [2.45, 2.75) is 39.2 Å². The number of hydrogen-bond donors (Lipinski definition) is 0. The Morgan fingerprint density at radius 1 is 1.38 bits per heavy atom. The number of likely N-dealkylation sites (tertiary alicyclic amines) is 1. The summed E-state index contributed by atoms with van der Waals surface area (Å²) >= 11 is 1.50. The third kappa shape index (κ3) is 3.61. The molecule has 2 fully saturated rings. The lowest BCUT2D eigenvalue weighted by Gasteiger charge is -2.31. The van der Waals surface area contributed by atoms with Gasteiger partial charge in [0.05, 0.1) is 5.92 Å². The number of hydrogen-bond acceptors (Lipinski definition) is 5. The molecular formula is C15H20N2O3S. The summed E-state index contributed by atoms with van der Waals surface area (Å²) in [6.07, 6.45) is 3.71. The first-order valence-corrected chi connectivity index (χ1v) is 8.38. The molecule has 0 radical (unpaired) electrons. The van der Waals surface area contributed by atoms with Gasteiger partial charge in [-0.1, -0.05) is 0 Å². The summed E-state index contributed by atoms with van der Waals surface area (Å²) in [6, 6.07) is 0. The van der Waals surface area contributed by atoms with Crippen LogP contribution in [-0.4, -0.2) is 34.8 Å². The second-order valence-electron chi connectivity index (χ2n) is 5.89. The summed E-state index contributed by atoms with van der Waals surface area (Å²) in [5, 5.41) is 2.77. The monoisotopic (exact) mass is 308 g/mol. The molecule has 1 saturated carbocycles. The lowest BCUT2D eigenvalue weighted by atomic mass is 9.98. The molecule has 0 spiro atoms. The number of ether oxygens (including phenoxy) is 1. The van der Waals surface area contributed by atoms with Crippen LogP contribution in [0.2, 0.25) is 0 Å². The van der Waals surface area contributed by atoms with Gasteiger partial charge in [-0.25, -0.2) is 4.98 Å². The molecule has 1 aliphatic heterocycles. The highest BCUT2D eigenvalue weighted by molar-refractivity contribution is 7.09. The van der Waals surface area contributed by atoms with Crippen LogP contribution in [0.3, 0.4) is 0 Å². The number of esters is 1. The van der Waals surface area contributed by atoms with Crippen LogP contribution in [0.25, 0.3) is 0 Å². The number of carbonyl (C=O) groups excluding carboxylic acids is 2. The third-order valence-corrected chi connectivity index (χ3v) is 4.94. The summed E-state index contributed by atoms with van der Waals surface area (Å²) < 4.78 is 5.36. The normalized spacial score (nSPS) is 22.1. The van der Waals surface area contributed by atoms with E-state index in [1.54, 1.807) is 0 Å². The average Bonchev–Trinajstić information content (AvgIpc) is 3.27. The van der Waals surface area contributed by atoms with Crippen LogP contribution in [-0.2, 0) is 20.9 Å². The second kappa shape index (κ2) is 6.13. The number of rotatable bonds is 4. The van der Waals surface area contributed by atoms with Crippen molar-refractivity contribution < 1.29 is 14.3 Å². The zero-order chi connectivity index (χ0) is 14.8. The van der Waals surface area contributed by atoms with E-state index in [-0.39, 0.29) is 30.3 Å². The van der Waals surface area contributed by atoms with Gasteiger partial charge >= 0.3 is 5.97 Å². The van der Waals surface area contributed by atoms with E-state index in [0.29, 0.717) is 6.54 Å². The number of amides is 1. The number of carbonyl (C=O) groups is 2. The Morgan fingerprint density at radius 3 is 2.86 bits per heavy atom. The van der Waals surface area contributed by atoms with Crippen molar-refractivity contribution >= 4 is 23.2 Å². The molecular weight excluding hydrogens is 288 g/mol. The minimum Gasteiger partial charge on any atom is -0.458 e. The van der Waals surface area contributed by atoms with Gasteiger partial charge in [-0.2, -0.15) is 0 Å². The maximum Gasteiger partial charge on any atom is 0.311 e. The Bertz CT molecular complexity index is 539. The van der Waals surface area contributed by atoms with E-state index in [1.165, 1.54) is 11.3 Å². The molecule has 2 heterocycles. The largest absolute Gasteiger partial charge is 0.458 e. The van der Waals surface area contributed by atoms with Gasteiger partial charge in [0.2, 0.25) is 5.91 Å². The first kappa shape index (κ1) is 14.5. The molecule has 3 rings (SSSR count). The van der Waals surface area contributed by atoms with Gasteiger partial charge in [-0.15, -0.1) is 11.3 Å². The molecule has 6 heteroatoms. The molecule has 1 aromatic rings. The molecule has 21 heavy (non-hydrogen) atoms. The highest BCUT2D eigenvalue weighted by atomic mass is 32.1. The summed E-state index contributed by atoms with van der Waals surface area (Å²) in [7, 11) is 0. The van der Waals surface area contributed by atoms with Crippen LogP contribution < -0.4 is 0 Å². The Kier molecular flexibility index (Phi) is 4.24. The van der Waals surface area contributed by atoms with Gasteiger partial charge in [0.25, 0.3) is 0 Å². The van der Waals surface area contributed by atoms with E-state index < -0.39 is 0 Å². The first-order valence-electron chi connectivity index (χ1n) is 7.50. The summed E-state index contributed by atoms with van der Waals surface area (Å²) in [5.74, 6) is 0.0692. The predicted molar refractivity (Wildman–Crippen MR) is 78.7 cm³/mol. The maximum absolute atomic E-state index is 12.1. The van der Waals surface area contributed by atoms with E-state index in [1.807, 2.05) is 17.2 Å². The van der Waals surface area contributed by atoms with Crippen molar-refractivity contribution in [3.8, 4) is 0 Å². The standard InChI is InChI=1S/C15H20N2O3S/c1-10-9-21-13(16-10)8-20-15(19)12-3-2-6-17(7-12)14(18)11-4-5-11/h9,11-12H,2-8H2,1H3/t12-/m1/s1. The minimum absolute atomic E-state index is 0.178. The maximum atomic E-state index is 12.1.